The predicted octanol–water partition coefficient (Wildman–Crippen LogP) is 0.420. The highest BCUT2D eigenvalue weighted by molar-refractivity contribution is 5.97. The van der Waals surface area contributed by atoms with Crippen molar-refractivity contribution in [1.29, 1.82) is 0 Å². The van der Waals surface area contributed by atoms with Crippen LogP contribution in [0.4, 0.5) is 0 Å². The molecule has 0 spiro atoms. The molecule has 8 nitrogen and oxygen atoms in total. The van der Waals surface area contributed by atoms with Crippen LogP contribution in [0.1, 0.15) is 53.5 Å². The van der Waals surface area contributed by atoms with Crippen molar-refractivity contribution in [3.8, 4) is 0 Å². The summed E-state index contributed by atoms with van der Waals surface area (Å²) < 4.78 is 7.25. The molecule has 2 N–H and O–H groups in total. The zero-order valence-electron chi connectivity index (χ0n) is 15.7. The van der Waals surface area contributed by atoms with Crippen LogP contribution in [-0.4, -0.2) is 71.7 Å². The van der Waals surface area contributed by atoms with Gasteiger partial charge in [-0.3, -0.25) is 14.5 Å². The van der Waals surface area contributed by atoms with E-state index in [0.29, 0.717) is 18.1 Å². The van der Waals surface area contributed by atoms with Gasteiger partial charge < -0.3 is 19.9 Å². The SMILES string of the molecule is CC(C)NC(=O)c1nc(C(=O)NCCN2CCOCC2)n2c1CCCC2. The molecule has 1 aromatic heterocycles. The van der Waals surface area contributed by atoms with E-state index in [1.807, 2.05) is 18.4 Å². The minimum atomic E-state index is -0.204. The summed E-state index contributed by atoms with van der Waals surface area (Å²) in [6.07, 6.45) is 2.81. The van der Waals surface area contributed by atoms with Crippen LogP contribution >= 0.6 is 0 Å². The van der Waals surface area contributed by atoms with Crippen LogP contribution in [0.15, 0.2) is 0 Å². The summed E-state index contributed by atoms with van der Waals surface area (Å²) in [7, 11) is 0. The summed E-state index contributed by atoms with van der Waals surface area (Å²) in [5.41, 5.74) is 1.28. The van der Waals surface area contributed by atoms with E-state index in [9.17, 15) is 9.59 Å². The first kappa shape index (κ1) is 18.8. The molecule has 0 saturated carbocycles. The molecule has 1 aromatic rings. The summed E-state index contributed by atoms with van der Waals surface area (Å²) in [6.45, 7) is 9.22. The van der Waals surface area contributed by atoms with Crippen LogP contribution in [0.2, 0.25) is 0 Å². The molecule has 3 rings (SSSR count). The number of hydrogen-bond donors (Lipinski definition) is 2. The van der Waals surface area contributed by atoms with E-state index in [1.54, 1.807) is 0 Å². The molecule has 0 aromatic carbocycles. The highest BCUT2D eigenvalue weighted by atomic mass is 16.5. The van der Waals surface area contributed by atoms with Gasteiger partial charge in [0.1, 0.15) is 5.69 Å². The van der Waals surface area contributed by atoms with Crippen molar-refractivity contribution in [3.05, 3.63) is 17.2 Å². The highest BCUT2D eigenvalue weighted by Gasteiger charge is 2.27. The average molecular weight is 363 g/mol. The van der Waals surface area contributed by atoms with Crippen molar-refractivity contribution >= 4 is 11.8 Å². The first-order valence-electron chi connectivity index (χ1n) is 9.55. The van der Waals surface area contributed by atoms with Gasteiger partial charge >= 0.3 is 0 Å². The number of aromatic nitrogens is 2. The molecule has 0 radical (unpaired) electrons. The molecule has 1 fully saturated rings. The fourth-order valence-electron chi connectivity index (χ4n) is 3.46. The Morgan fingerprint density at radius 2 is 1.92 bits per heavy atom. The third kappa shape index (κ3) is 4.42. The van der Waals surface area contributed by atoms with Gasteiger partial charge in [0.05, 0.1) is 18.9 Å². The lowest BCUT2D eigenvalue weighted by molar-refractivity contribution is 0.0383. The Balaban J connectivity index is 1.67. The van der Waals surface area contributed by atoms with Crippen molar-refractivity contribution in [2.45, 2.75) is 45.7 Å². The standard InChI is InChI=1S/C18H29N5O3/c1-13(2)20-17(24)15-14-5-3-4-7-23(14)16(21-15)18(25)19-6-8-22-9-11-26-12-10-22/h13H,3-12H2,1-2H3,(H,19,25)(H,20,24). The van der Waals surface area contributed by atoms with E-state index in [0.717, 1.165) is 64.3 Å². The molecule has 0 atom stereocenters. The first-order valence-corrected chi connectivity index (χ1v) is 9.55. The largest absolute Gasteiger partial charge is 0.379 e. The fourth-order valence-corrected chi connectivity index (χ4v) is 3.46. The van der Waals surface area contributed by atoms with Gasteiger partial charge in [-0.15, -0.1) is 0 Å². The molecule has 26 heavy (non-hydrogen) atoms. The van der Waals surface area contributed by atoms with Crippen molar-refractivity contribution < 1.29 is 14.3 Å². The Morgan fingerprint density at radius 1 is 1.15 bits per heavy atom. The van der Waals surface area contributed by atoms with Crippen LogP contribution < -0.4 is 10.6 Å². The lowest BCUT2D eigenvalue weighted by atomic mass is 10.1. The van der Waals surface area contributed by atoms with Crippen molar-refractivity contribution in [2.24, 2.45) is 0 Å². The zero-order valence-corrected chi connectivity index (χ0v) is 15.7. The average Bonchev–Trinajstić information content (AvgIpc) is 3.02. The number of amides is 2. The van der Waals surface area contributed by atoms with Crippen molar-refractivity contribution in [1.82, 2.24) is 25.1 Å². The third-order valence-electron chi connectivity index (χ3n) is 4.77. The van der Waals surface area contributed by atoms with E-state index >= 15 is 0 Å². The Bertz CT molecular complexity index is 649. The zero-order chi connectivity index (χ0) is 18.5. The second-order valence-electron chi connectivity index (χ2n) is 7.18. The van der Waals surface area contributed by atoms with E-state index in [2.05, 4.69) is 20.5 Å². The van der Waals surface area contributed by atoms with Crippen LogP contribution in [0.5, 0.6) is 0 Å². The summed E-state index contributed by atoms with van der Waals surface area (Å²) in [5, 5.41) is 5.84. The number of nitrogens with one attached hydrogen (secondary N) is 2. The maximum Gasteiger partial charge on any atom is 0.287 e. The third-order valence-corrected chi connectivity index (χ3v) is 4.77. The van der Waals surface area contributed by atoms with Crippen LogP contribution in [0, 0.1) is 0 Å². The summed E-state index contributed by atoms with van der Waals surface area (Å²) in [5.74, 6) is -0.0430. The minimum absolute atomic E-state index is 0.0363. The summed E-state index contributed by atoms with van der Waals surface area (Å²) in [4.78, 5) is 31.8. The quantitative estimate of drug-likeness (QED) is 0.765. The van der Waals surface area contributed by atoms with Crippen molar-refractivity contribution in [2.75, 3.05) is 39.4 Å². The monoisotopic (exact) mass is 363 g/mol. The number of nitrogens with zero attached hydrogens (tertiary/aromatic N) is 3. The molecule has 2 aliphatic heterocycles. The molecule has 3 heterocycles. The van der Waals surface area contributed by atoms with Gasteiger partial charge in [-0.2, -0.15) is 0 Å². The second kappa shape index (κ2) is 8.64. The molecule has 1 saturated heterocycles. The molecule has 8 heteroatoms. The number of carbonyl (C=O) groups excluding carboxylic acids is 2. The lowest BCUT2D eigenvalue weighted by Crippen LogP contribution is -2.41. The molecule has 0 unspecified atom stereocenters. The fraction of sp³-hybridized carbons (Fsp3) is 0.722. The van der Waals surface area contributed by atoms with Gasteiger partial charge in [0.25, 0.3) is 11.8 Å². The van der Waals surface area contributed by atoms with Gasteiger partial charge in [-0.25, -0.2) is 4.98 Å². The summed E-state index contributed by atoms with van der Waals surface area (Å²) >= 11 is 0. The smallest absolute Gasteiger partial charge is 0.287 e. The minimum Gasteiger partial charge on any atom is -0.379 e. The number of fused-ring (bicyclic) bond motifs is 1. The molecular formula is C18H29N5O3. The number of carbonyl (C=O) groups is 2. The number of hydrogen-bond acceptors (Lipinski definition) is 5. The predicted molar refractivity (Wildman–Crippen MR) is 97.4 cm³/mol. The molecule has 2 amide bonds. The molecule has 0 bridgehead atoms. The molecule has 2 aliphatic rings. The van der Waals surface area contributed by atoms with Crippen LogP contribution in [0.3, 0.4) is 0 Å². The lowest BCUT2D eigenvalue weighted by Gasteiger charge is -2.26. The Morgan fingerprint density at radius 3 is 2.65 bits per heavy atom. The Hall–Kier alpha value is -1.93. The normalized spacial score (nSPS) is 17.8. The van der Waals surface area contributed by atoms with Gasteiger partial charge in [0, 0.05) is 38.8 Å². The number of rotatable bonds is 6. The Labute approximate surface area is 154 Å². The number of morpholine rings is 1. The number of ether oxygens (including phenoxy) is 1. The maximum atomic E-state index is 12.6. The van der Waals surface area contributed by atoms with E-state index in [1.165, 1.54) is 0 Å². The topological polar surface area (TPSA) is 88.5 Å². The van der Waals surface area contributed by atoms with Crippen molar-refractivity contribution in [3.63, 3.8) is 0 Å². The van der Waals surface area contributed by atoms with Gasteiger partial charge in [-0.05, 0) is 33.1 Å². The molecular weight excluding hydrogens is 334 g/mol. The first-order chi connectivity index (χ1) is 12.6. The highest BCUT2D eigenvalue weighted by Crippen LogP contribution is 2.21. The van der Waals surface area contributed by atoms with Gasteiger partial charge in [0.15, 0.2) is 5.82 Å². The van der Waals surface area contributed by atoms with E-state index in [4.69, 9.17) is 4.74 Å². The van der Waals surface area contributed by atoms with Crippen LogP contribution in [0.25, 0.3) is 0 Å². The van der Waals surface area contributed by atoms with Crippen LogP contribution in [-0.2, 0) is 17.7 Å². The Kier molecular flexibility index (Phi) is 6.26. The maximum absolute atomic E-state index is 12.6. The van der Waals surface area contributed by atoms with E-state index < -0.39 is 0 Å². The number of imidazole rings is 1. The second-order valence-corrected chi connectivity index (χ2v) is 7.18. The van der Waals surface area contributed by atoms with E-state index in [-0.39, 0.29) is 17.9 Å². The molecule has 144 valence electrons. The molecule has 0 aliphatic carbocycles. The van der Waals surface area contributed by atoms with Gasteiger partial charge in [-0.1, -0.05) is 0 Å². The van der Waals surface area contributed by atoms with Gasteiger partial charge in [0.2, 0.25) is 0 Å². The summed E-state index contributed by atoms with van der Waals surface area (Å²) in [6, 6.07) is 0.0363.